The number of allylic oxidation sites excluding steroid dienone is 4. The first-order chi connectivity index (χ1) is 27.9. The number of phenolic OH excluding ortho intramolecular Hbond substituents is 1. The molecule has 6 aromatic carbocycles. The fraction of sp³-hybridized carbons (Fsp3) is 0.160. The van der Waals surface area contributed by atoms with E-state index >= 15 is 9.59 Å². The van der Waals surface area contributed by atoms with E-state index in [0.29, 0.717) is 28.0 Å². The second-order valence-corrected chi connectivity index (χ2v) is 15.6. The molecule has 7 heteroatoms. The molecule has 6 aromatic rings. The lowest BCUT2D eigenvalue weighted by atomic mass is 9.44. The summed E-state index contributed by atoms with van der Waals surface area (Å²) in [6.07, 6.45) is 4.01. The first-order valence-electron chi connectivity index (χ1n) is 19.5. The van der Waals surface area contributed by atoms with Crippen molar-refractivity contribution in [3.8, 4) is 5.75 Å². The molecule has 0 unspecified atom stereocenters. The second-order valence-electron chi connectivity index (χ2n) is 15.6. The minimum Gasteiger partial charge on any atom is -0.508 e. The van der Waals surface area contributed by atoms with Gasteiger partial charge < -0.3 is 10.4 Å². The van der Waals surface area contributed by atoms with E-state index in [1.165, 1.54) is 11.0 Å². The first-order valence-corrected chi connectivity index (χ1v) is 19.5. The van der Waals surface area contributed by atoms with Crippen molar-refractivity contribution in [2.24, 2.45) is 23.7 Å². The Morgan fingerprint density at radius 1 is 0.649 bits per heavy atom. The summed E-state index contributed by atoms with van der Waals surface area (Å²) in [4.78, 5) is 61.3. The molecule has 2 fully saturated rings. The number of anilines is 3. The summed E-state index contributed by atoms with van der Waals surface area (Å²) in [6, 6.07) is 47.0. The Hall–Kier alpha value is -6.86. The van der Waals surface area contributed by atoms with Crippen molar-refractivity contribution in [3.63, 3.8) is 0 Å². The van der Waals surface area contributed by atoms with Gasteiger partial charge in [0.2, 0.25) is 11.8 Å². The lowest BCUT2D eigenvalue weighted by molar-refractivity contribution is -0.135. The molecule has 1 heterocycles. The summed E-state index contributed by atoms with van der Waals surface area (Å²) in [6.45, 7) is 0. The van der Waals surface area contributed by atoms with Crippen molar-refractivity contribution in [2.45, 2.75) is 24.2 Å². The van der Waals surface area contributed by atoms with Crippen LogP contribution in [0.1, 0.15) is 35.4 Å². The maximum absolute atomic E-state index is 15.4. The van der Waals surface area contributed by atoms with Crippen molar-refractivity contribution in [2.75, 3.05) is 10.2 Å². The molecular formula is C50H38N2O5. The normalized spacial score (nSPS) is 25.3. The van der Waals surface area contributed by atoms with Gasteiger partial charge in [-0.25, -0.2) is 0 Å². The maximum atomic E-state index is 15.4. The van der Waals surface area contributed by atoms with Gasteiger partial charge in [-0.15, -0.1) is 0 Å². The highest BCUT2D eigenvalue weighted by molar-refractivity contribution is 6.32. The lowest BCUT2D eigenvalue weighted by Crippen LogP contribution is -2.58. The number of aromatic hydroxyl groups is 1. The van der Waals surface area contributed by atoms with Gasteiger partial charge in [-0.1, -0.05) is 121 Å². The van der Waals surface area contributed by atoms with E-state index in [4.69, 9.17) is 0 Å². The summed E-state index contributed by atoms with van der Waals surface area (Å²) < 4.78 is 0. The van der Waals surface area contributed by atoms with Gasteiger partial charge in [0.15, 0.2) is 11.6 Å². The number of Topliss-reactive ketones (excluding diaryl/α,β-unsaturated/α-hetero) is 1. The molecule has 57 heavy (non-hydrogen) atoms. The maximum Gasteiger partial charge on any atom is 0.238 e. The van der Waals surface area contributed by atoms with Gasteiger partial charge in [0.25, 0.3) is 0 Å². The molecule has 278 valence electrons. The number of hydrogen-bond donors (Lipinski definition) is 2. The molecule has 2 amide bonds. The number of hydrogen-bond acceptors (Lipinski definition) is 6. The zero-order chi connectivity index (χ0) is 38.8. The van der Waals surface area contributed by atoms with Crippen LogP contribution in [0.5, 0.6) is 5.75 Å². The molecule has 0 bridgehead atoms. The summed E-state index contributed by atoms with van der Waals surface area (Å²) in [7, 11) is 0. The van der Waals surface area contributed by atoms with Gasteiger partial charge in [-0.3, -0.25) is 24.1 Å². The lowest BCUT2D eigenvalue weighted by Gasteiger charge is -2.55. The van der Waals surface area contributed by atoms with E-state index in [0.717, 1.165) is 27.7 Å². The quantitative estimate of drug-likeness (QED) is 0.130. The number of benzene rings is 6. The molecule has 0 radical (unpaired) electrons. The number of nitrogens with one attached hydrogen (secondary N) is 1. The fourth-order valence-electron chi connectivity index (χ4n) is 10.4. The van der Waals surface area contributed by atoms with Gasteiger partial charge in [0.1, 0.15) is 5.75 Å². The number of para-hydroxylation sites is 1. The molecule has 10 rings (SSSR count). The van der Waals surface area contributed by atoms with Crippen LogP contribution in [0.15, 0.2) is 169 Å². The highest BCUT2D eigenvalue weighted by Gasteiger charge is 2.66. The number of carbonyl (C=O) groups is 4. The van der Waals surface area contributed by atoms with Crippen LogP contribution in [0.3, 0.4) is 0 Å². The van der Waals surface area contributed by atoms with E-state index in [9.17, 15) is 14.7 Å². The van der Waals surface area contributed by atoms with E-state index in [-0.39, 0.29) is 42.0 Å². The highest BCUT2D eigenvalue weighted by Crippen LogP contribution is 2.65. The Kier molecular flexibility index (Phi) is 8.15. The smallest absolute Gasteiger partial charge is 0.238 e. The molecular weight excluding hydrogens is 709 g/mol. The molecule has 7 nitrogen and oxygen atoms in total. The minimum atomic E-state index is -1.44. The third-order valence-electron chi connectivity index (χ3n) is 12.8. The first kappa shape index (κ1) is 34.6. The minimum absolute atomic E-state index is 0.00849. The second kappa shape index (κ2) is 13.4. The third kappa shape index (κ3) is 5.26. The average Bonchev–Trinajstić information content (AvgIpc) is 3.51. The zero-order valence-electron chi connectivity index (χ0n) is 30.9. The topological polar surface area (TPSA) is 104 Å². The van der Waals surface area contributed by atoms with Crippen LogP contribution in [0.2, 0.25) is 0 Å². The van der Waals surface area contributed by atoms with Gasteiger partial charge in [-0.2, -0.15) is 0 Å². The SMILES string of the molecule is O=C1C(c2ccccc2)=CC(=O)[C@@]2(c3ccccc3)[C@@H](c3c(O)ccc4ccccc34)C3=CC[C@@H]4C(=O)N(c5ccc(Nc6ccccc6)cc5)C(=O)[C@@H]4[C@@H]3C[C@@H]12. The van der Waals surface area contributed by atoms with E-state index in [1.54, 1.807) is 18.2 Å². The molecule has 4 aliphatic rings. The Bertz CT molecular complexity index is 2670. The predicted molar refractivity (Wildman–Crippen MR) is 221 cm³/mol. The van der Waals surface area contributed by atoms with Crippen LogP contribution < -0.4 is 10.2 Å². The fourth-order valence-corrected chi connectivity index (χ4v) is 10.4. The molecule has 0 aromatic heterocycles. The van der Waals surface area contributed by atoms with Gasteiger partial charge in [0, 0.05) is 34.3 Å². The highest BCUT2D eigenvalue weighted by atomic mass is 16.3. The van der Waals surface area contributed by atoms with Crippen molar-refractivity contribution in [3.05, 3.63) is 186 Å². The van der Waals surface area contributed by atoms with Crippen molar-refractivity contribution < 1.29 is 24.3 Å². The molecule has 0 spiro atoms. The number of nitrogens with zero attached hydrogens (tertiary/aromatic N) is 1. The number of phenols is 1. The molecule has 1 aliphatic heterocycles. The number of rotatable bonds is 6. The predicted octanol–water partition coefficient (Wildman–Crippen LogP) is 9.32. The largest absolute Gasteiger partial charge is 0.508 e. The molecule has 2 N–H and O–H groups in total. The van der Waals surface area contributed by atoms with Gasteiger partial charge >= 0.3 is 0 Å². The number of ketones is 2. The van der Waals surface area contributed by atoms with E-state index in [2.05, 4.69) is 5.32 Å². The number of fused-ring (bicyclic) bond motifs is 5. The van der Waals surface area contributed by atoms with Crippen LogP contribution in [0.4, 0.5) is 17.1 Å². The summed E-state index contributed by atoms with van der Waals surface area (Å²) >= 11 is 0. The number of carbonyl (C=O) groups excluding carboxylic acids is 4. The van der Waals surface area contributed by atoms with E-state index < -0.39 is 35.0 Å². The van der Waals surface area contributed by atoms with Crippen molar-refractivity contribution in [1.82, 2.24) is 0 Å². The Balaban J connectivity index is 1.14. The van der Waals surface area contributed by atoms with Gasteiger partial charge in [0.05, 0.1) is 22.9 Å². The Morgan fingerprint density at radius 2 is 1.30 bits per heavy atom. The monoisotopic (exact) mass is 746 g/mol. The Labute approximate surface area is 330 Å². The van der Waals surface area contributed by atoms with Crippen molar-refractivity contribution in [1.29, 1.82) is 0 Å². The van der Waals surface area contributed by atoms with Crippen LogP contribution in [0, 0.1) is 23.7 Å². The van der Waals surface area contributed by atoms with E-state index in [1.807, 2.05) is 140 Å². The summed E-state index contributed by atoms with van der Waals surface area (Å²) in [5.41, 5.74) is 3.78. The van der Waals surface area contributed by atoms with Crippen molar-refractivity contribution >= 4 is 56.8 Å². The number of imide groups is 1. The molecule has 6 atom stereocenters. The van der Waals surface area contributed by atoms with Crippen LogP contribution in [-0.2, 0) is 24.6 Å². The van der Waals surface area contributed by atoms with Gasteiger partial charge in [-0.05, 0) is 89.2 Å². The molecule has 1 saturated heterocycles. The Morgan fingerprint density at radius 3 is 2.04 bits per heavy atom. The zero-order valence-corrected chi connectivity index (χ0v) is 30.9. The summed E-state index contributed by atoms with van der Waals surface area (Å²) in [5.74, 6) is -4.68. The van der Waals surface area contributed by atoms with Crippen LogP contribution in [0.25, 0.3) is 16.3 Å². The molecule has 1 saturated carbocycles. The van der Waals surface area contributed by atoms with Crippen LogP contribution in [-0.4, -0.2) is 28.5 Å². The standard InChI is InChI=1S/C50H38N2O5/c53-42-27-20-31-14-10-11-19-36(31)45(42)46-37-25-26-38-44(49(57)52(48(38)56)35-23-21-34(22-24-35)51-33-17-8-3-9-18-33)40(37)28-41-47(55)39(30-12-4-1-5-13-30)29-43(54)50(41,46)32-15-6-2-7-16-32/h1-25,27,29,38,40-41,44,46,51,53H,26,28H2/t38-,40+,41-,44-,46+,50-/m0/s1. The molecule has 3 aliphatic carbocycles. The van der Waals surface area contributed by atoms with Crippen LogP contribution >= 0.6 is 0 Å². The number of amides is 2. The summed E-state index contributed by atoms with van der Waals surface area (Å²) in [5, 5.41) is 17.0. The average molecular weight is 747 g/mol. The third-order valence-corrected chi connectivity index (χ3v) is 12.8.